The van der Waals surface area contributed by atoms with Crippen LogP contribution >= 0.6 is 0 Å². The number of aromatic nitrogens is 2. The van der Waals surface area contributed by atoms with Crippen LogP contribution in [0.4, 0.5) is 11.7 Å². The first-order chi connectivity index (χ1) is 15.6. The van der Waals surface area contributed by atoms with E-state index in [9.17, 15) is 9.59 Å². The van der Waals surface area contributed by atoms with Gasteiger partial charge in [0, 0.05) is 24.2 Å². The Balaban J connectivity index is 1.44. The van der Waals surface area contributed by atoms with Gasteiger partial charge in [-0.3, -0.25) is 14.9 Å². The van der Waals surface area contributed by atoms with E-state index in [1.807, 2.05) is 44.2 Å². The predicted octanol–water partition coefficient (Wildman–Crippen LogP) is 3.64. The van der Waals surface area contributed by atoms with Crippen molar-refractivity contribution in [1.29, 1.82) is 0 Å². The second-order valence-corrected chi connectivity index (χ2v) is 7.17. The predicted molar refractivity (Wildman–Crippen MR) is 117 cm³/mol. The molecule has 1 unspecified atom stereocenters. The number of nitrogens with zero attached hydrogens (tertiary/aromatic N) is 3. The molecule has 0 aliphatic carbocycles. The summed E-state index contributed by atoms with van der Waals surface area (Å²) in [6, 6.07) is 14.3. The molecule has 166 valence electrons. The molecule has 1 fully saturated rings. The van der Waals surface area contributed by atoms with Gasteiger partial charge >= 0.3 is 6.01 Å². The Morgan fingerprint density at radius 2 is 1.84 bits per heavy atom. The van der Waals surface area contributed by atoms with Crippen LogP contribution in [0.25, 0.3) is 0 Å². The Morgan fingerprint density at radius 1 is 1.09 bits per heavy atom. The van der Waals surface area contributed by atoms with Crippen molar-refractivity contribution in [3.8, 4) is 11.5 Å². The highest BCUT2D eigenvalue weighted by atomic mass is 16.5. The lowest BCUT2D eigenvalue weighted by atomic mass is 10.1. The van der Waals surface area contributed by atoms with E-state index in [1.165, 1.54) is 0 Å². The zero-order chi connectivity index (χ0) is 22.5. The fourth-order valence-corrected chi connectivity index (χ4v) is 3.54. The van der Waals surface area contributed by atoms with E-state index >= 15 is 0 Å². The van der Waals surface area contributed by atoms with Gasteiger partial charge in [0.1, 0.15) is 0 Å². The number of carbonyl (C=O) groups excluding carboxylic acids is 2. The Bertz CT molecular complexity index is 1100. The molecule has 2 amide bonds. The highest BCUT2D eigenvalue weighted by Gasteiger charge is 2.35. The van der Waals surface area contributed by atoms with Crippen LogP contribution in [0.5, 0.6) is 11.5 Å². The summed E-state index contributed by atoms with van der Waals surface area (Å²) in [4.78, 5) is 26.8. The summed E-state index contributed by atoms with van der Waals surface area (Å²) in [7, 11) is 0. The van der Waals surface area contributed by atoms with Gasteiger partial charge in [-0.15, -0.1) is 5.10 Å². The van der Waals surface area contributed by atoms with Crippen molar-refractivity contribution in [2.24, 2.45) is 0 Å². The molecule has 2 heterocycles. The summed E-state index contributed by atoms with van der Waals surface area (Å²) in [5.74, 6) is 0.698. The summed E-state index contributed by atoms with van der Waals surface area (Å²) in [5.41, 5.74) is 1.19. The second kappa shape index (κ2) is 9.51. The standard InChI is InChI=1S/C23H24N4O5/c1-3-30-18-11-10-15(12-19(18)31-4-2)21(29)24-23-26-25-22(32-23)16-13-20(28)27(14-16)17-8-6-5-7-9-17/h5-12,16H,3-4,13-14H2,1-2H3,(H,24,26,29). The maximum Gasteiger partial charge on any atom is 0.322 e. The van der Waals surface area contributed by atoms with Gasteiger partial charge in [-0.25, -0.2) is 0 Å². The first kappa shape index (κ1) is 21.4. The van der Waals surface area contributed by atoms with Gasteiger partial charge in [-0.1, -0.05) is 23.3 Å². The molecule has 9 nitrogen and oxygen atoms in total. The van der Waals surface area contributed by atoms with Crippen molar-refractivity contribution in [2.45, 2.75) is 26.2 Å². The molecule has 4 rings (SSSR count). The molecule has 1 aromatic heterocycles. The molecule has 0 saturated carbocycles. The maximum atomic E-state index is 12.7. The van der Waals surface area contributed by atoms with Crippen molar-refractivity contribution in [3.63, 3.8) is 0 Å². The van der Waals surface area contributed by atoms with E-state index < -0.39 is 5.91 Å². The quantitative estimate of drug-likeness (QED) is 0.574. The first-order valence-electron chi connectivity index (χ1n) is 10.5. The van der Waals surface area contributed by atoms with E-state index in [0.29, 0.717) is 42.7 Å². The van der Waals surface area contributed by atoms with Crippen molar-refractivity contribution < 1.29 is 23.5 Å². The van der Waals surface area contributed by atoms with E-state index in [4.69, 9.17) is 13.9 Å². The maximum absolute atomic E-state index is 12.7. The largest absolute Gasteiger partial charge is 0.490 e. The first-order valence-corrected chi connectivity index (χ1v) is 10.5. The number of rotatable bonds is 8. The Hall–Kier alpha value is -3.88. The van der Waals surface area contributed by atoms with E-state index in [0.717, 1.165) is 5.69 Å². The SMILES string of the molecule is CCOc1ccc(C(=O)Nc2nnc(C3CC(=O)N(c4ccccc4)C3)o2)cc1OCC. The lowest BCUT2D eigenvalue weighted by Crippen LogP contribution is -2.24. The molecule has 3 aromatic rings. The Labute approximate surface area is 185 Å². The third-order valence-electron chi connectivity index (χ3n) is 5.01. The summed E-state index contributed by atoms with van der Waals surface area (Å²) >= 11 is 0. The number of ether oxygens (including phenoxy) is 2. The lowest BCUT2D eigenvalue weighted by Gasteiger charge is -2.15. The molecule has 2 aromatic carbocycles. The average molecular weight is 436 g/mol. The molecule has 0 radical (unpaired) electrons. The number of para-hydroxylation sites is 1. The van der Waals surface area contributed by atoms with Crippen LogP contribution in [-0.4, -0.2) is 41.8 Å². The van der Waals surface area contributed by atoms with Crippen LogP contribution in [0.1, 0.15) is 42.4 Å². The fraction of sp³-hybridized carbons (Fsp3) is 0.304. The van der Waals surface area contributed by atoms with Crippen LogP contribution in [0.3, 0.4) is 0 Å². The zero-order valence-corrected chi connectivity index (χ0v) is 17.9. The lowest BCUT2D eigenvalue weighted by molar-refractivity contribution is -0.117. The summed E-state index contributed by atoms with van der Waals surface area (Å²) in [5, 5.41) is 10.6. The topological polar surface area (TPSA) is 107 Å². The smallest absolute Gasteiger partial charge is 0.322 e. The van der Waals surface area contributed by atoms with Gasteiger partial charge in [0.15, 0.2) is 11.5 Å². The number of amides is 2. The molecule has 1 N–H and O–H groups in total. The molecule has 1 saturated heterocycles. The Morgan fingerprint density at radius 3 is 2.59 bits per heavy atom. The molecule has 32 heavy (non-hydrogen) atoms. The summed E-state index contributed by atoms with van der Waals surface area (Å²) < 4.78 is 16.7. The van der Waals surface area contributed by atoms with Gasteiger partial charge in [0.25, 0.3) is 5.91 Å². The van der Waals surface area contributed by atoms with Gasteiger partial charge in [0.2, 0.25) is 11.8 Å². The molecule has 1 atom stereocenters. The number of nitrogens with one attached hydrogen (secondary N) is 1. The monoisotopic (exact) mass is 436 g/mol. The molecular weight excluding hydrogens is 412 g/mol. The van der Waals surface area contributed by atoms with Gasteiger partial charge in [0.05, 0.1) is 19.1 Å². The van der Waals surface area contributed by atoms with Crippen LogP contribution in [0.2, 0.25) is 0 Å². The van der Waals surface area contributed by atoms with Gasteiger partial charge in [-0.2, -0.15) is 0 Å². The van der Waals surface area contributed by atoms with Gasteiger partial charge in [-0.05, 0) is 44.2 Å². The van der Waals surface area contributed by atoms with Gasteiger partial charge < -0.3 is 18.8 Å². The number of carbonyl (C=O) groups is 2. The number of benzene rings is 2. The third kappa shape index (κ3) is 4.56. The minimum Gasteiger partial charge on any atom is -0.490 e. The third-order valence-corrected chi connectivity index (χ3v) is 5.01. The average Bonchev–Trinajstić information content (AvgIpc) is 3.42. The van der Waals surface area contributed by atoms with Crippen molar-refractivity contribution in [2.75, 3.05) is 30.0 Å². The van der Waals surface area contributed by atoms with Crippen LogP contribution in [0, 0.1) is 0 Å². The van der Waals surface area contributed by atoms with E-state index in [2.05, 4.69) is 15.5 Å². The van der Waals surface area contributed by atoms with Crippen molar-refractivity contribution in [3.05, 3.63) is 60.0 Å². The number of hydrogen-bond acceptors (Lipinski definition) is 7. The highest BCUT2D eigenvalue weighted by molar-refractivity contribution is 6.03. The molecule has 1 aliphatic rings. The molecule has 0 spiro atoms. The van der Waals surface area contributed by atoms with Crippen molar-refractivity contribution in [1.82, 2.24) is 10.2 Å². The fourth-order valence-electron chi connectivity index (χ4n) is 3.54. The summed E-state index contributed by atoms with van der Waals surface area (Å²) in [6.45, 7) is 5.10. The summed E-state index contributed by atoms with van der Waals surface area (Å²) in [6.07, 6.45) is 0.265. The molecule has 9 heteroatoms. The second-order valence-electron chi connectivity index (χ2n) is 7.17. The minimum absolute atomic E-state index is 0.0113. The normalized spacial score (nSPS) is 15.6. The van der Waals surface area contributed by atoms with Crippen LogP contribution < -0.4 is 19.7 Å². The molecule has 1 aliphatic heterocycles. The van der Waals surface area contributed by atoms with Crippen LogP contribution in [0.15, 0.2) is 52.9 Å². The minimum atomic E-state index is -0.419. The number of hydrogen-bond donors (Lipinski definition) is 1. The molecular formula is C23H24N4O5. The highest BCUT2D eigenvalue weighted by Crippen LogP contribution is 2.32. The molecule has 0 bridgehead atoms. The van der Waals surface area contributed by atoms with E-state index in [-0.39, 0.29) is 24.3 Å². The van der Waals surface area contributed by atoms with E-state index in [1.54, 1.807) is 23.1 Å². The number of anilines is 2. The van der Waals surface area contributed by atoms with Crippen LogP contribution in [-0.2, 0) is 4.79 Å². The Kier molecular flexibility index (Phi) is 6.34. The zero-order valence-electron chi connectivity index (χ0n) is 17.9. The van der Waals surface area contributed by atoms with Crippen molar-refractivity contribution >= 4 is 23.5 Å².